The number of rotatable bonds is 5. The minimum Gasteiger partial charge on any atom is -0.481 e. The average Bonchev–Trinajstić information content (AvgIpc) is 2.25. The van der Waals surface area contributed by atoms with Gasteiger partial charge in [-0.3, -0.25) is 4.79 Å². The zero-order valence-corrected chi connectivity index (χ0v) is 8.08. The summed E-state index contributed by atoms with van der Waals surface area (Å²) in [4.78, 5) is 13.6. The van der Waals surface area contributed by atoms with Crippen molar-refractivity contribution in [3.63, 3.8) is 0 Å². The van der Waals surface area contributed by atoms with Crippen LogP contribution >= 0.6 is 0 Å². The van der Waals surface area contributed by atoms with Gasteiger partial charge in [0.1, 0.15) is 0 Å². The SMILES string of the molecule is [N-]=[N+]=NCCC(C(=O)O)c1ccccc1. The third kappa shape index (κ3) is 3.32. The van der Waals surface area contributed by atoms with Gasteiger partial charge in [-0.15, -0.1) is 0 Å². The highest BCUT2D eigenvalue weighted by atomic mass is 16.4. The molecule has 1 atom stereocenters. The lowest BCUT2D eigenvalue weighted by Crippen LogP contribution is -2.12. The lowest BCUT2D eigenvalue weighted by Gasteiger charge is -2.10. The first kappa shape index (κ1) is 11.1. The van der Waals surface area contributed by atoms with Crippen molar-refractivity contribution < 1.29 is 9.90 Å². The van der Waals surface area contributed by atoms with Crippen LogP contribution in [0.3, 0.4) is 0 Å². The highest BCUT2D eigenvalue weighted by Gasteiger charge is 2.18. The second kappa shape index (κ2) is 5.67. The fourth-order valence-electron chi connectivity index (χ4n) is 1.35. The van der Waals surface area contributed by atoms with Gasteiger partial charge in [-0.05, 0) is 17.5 Å². The van der Waals surface area contributed by atoms with E-state index < -0.39 is 11.9 Å². The zero-order valence-electron chi connectivity index (χ0n) is 8.08. The van der Waals surface area contributed by atoms with E-state index in [0.29, 0.717) is 6.42 Å². The van der Waals surface area contributed by atoms with Crippen LogP contribution in [0.25, 0.3) is 10.4 Å². The predicted octanol–water partition coefficient (Wildman–Crippen LogP) is 2.56. The molecular formula is C10H11N3O2. The van der Waals surface area contributed by atoms with Crippen molar-refractivity contribution in [2.75, 3.05) is 6.54 Å². The molecule has 0 saturated carbocycles. The quantitative estimate of drug-likeness (QED) is 0.455. The molecule has 0 aliphatic rings. The average molecular weight is 205 g/mol. The van der Waals surface area contributed by atoms with Crippen LogP contribution < -0.4 is 0 Å². The minimum absolute atomic E-state index is 0.197. The summed E-state index contributed by atoms with van der Waals surface area (Å²) >= 11 is 0. The molecule has 0 aliphatic carbocycles. The Labute approximate surface area is 87.0 Å². The van der Waals surface area contributed by atoms with E-state index in [2.05, 4.69) is 10.0 Å². The smallest absolute Gasteiger partial charge is 0.310 e. The van der Waals surface area contributed by atoms with E-state index in [9.17, 15) is 4.79 Å². The Hall–Kier alpha value is -2.00. The third-order valence-corrected chi connectivity index (χ3v) is 2.08. The van der Waals surface area contributed by atoms with Crippen LogP contribution in [0, 0.1) is 0 Å². The number of hydrogen-bond donors (Lipinski definition) is 1. The van der Waals surface area contributed by atoms with Gasteiger partial charge in [0.2, 0.25) is 0 Å². The van der Waals surface area contributed by atoms with E-state index >= 15 is 0 Å². The predicted molar refractivity (Wildman–Crippen MR) is 55.4 cm³/mol. The summed E-state index contributed by atoms with van der Waals surface area (Å²) in [6.45, 7) is 0.197. The summed E-state index contributed by atoms with van der Waals surface area (Å²) in [7, 11) is 0. The van der Waals surface area contributed by atoms with Gasteiger partial charge in [0.25, 0.3) is 0 Å². The van der Waals surface area contributed by atoms with Crippen LogP contribution in [0.2, 0.25) is 0 Å². The molecule has 1 unspecified atom stereocenters. The van der Waals surface area contributed by atoms with E-state index in [1.807, 2.05) is 6.07 Å². The number of nitrogens with zero attached hydrogens (tertiary/aromatic N) is 3. The van der Waals surface area contributed by atoms with Crippen molar-refractivity contribution in [3.8, 4) is 0 Å². The van der Waals surface area contributed by atoms with Gasteiger partial charge in [0.05, 0.1) is 5.92 Å². The Kier molecular flexibility index (Phi) is 4.19. The summed E-state index contributed by atoms with van der Waals surface area (Å²) in [5.74, 6) is -1.49. The highest BCUT2D eigenvalue weighted by molar-refractivity contribution is 5.76. The molecule has 78 valence electrons. The fourth-order valence-corrected chi connectivity index (χ4v) is 1.35. The lowest BCUT2D eigenvalue weighted by molar-refractivity contribution is -0.138. The topological polar surface area (TPSA) is 86.1 Å². The summed E-state index contributed by atoms with van der Waals surface area (Å²) in [6.07, 6.45) is 0.323. The maximum absolute atomic E-state index is 11.0. The monoisotopic (exact) mass is 205 g/mol. The molecule has 5 nitrogen and oxygen atoms in total. The highest BCUT2D eigenvalue weighted by Crippen LogP contribution is 2.19. The molecule has 0 aromatic heterocycles. The van der Waals surface area contributed by atoms with Crippen molar-refractivity contribution >= 4 is 5.97 Å². The number of carboxylic acids is 1. The largest absolute Gasteiger partial charge is 0.481 e. The molecule has 15 heavy (non-hydrogen) atoms. The molecule has 1 N–H and O–H groups in total. The van der Waals surface area contributed by atoms with E-state index in [-0.39, 0.29) is 6.54 Å². The molecule has 0 radical (unpaired) electrons. The summed E-state index contributed by atoms with van der Waals surface area (Å²) in [5, 5.41) is 12.3. The maximum Gasteiger partial charge on any atom is 0.310 e. The van der Waals surface area contributed by atoms with Gasteiger partial charge < -0.3 is 5.11 Å². The molecule has 0 saturated heterocycles. The molecule has 0 heterocycles. The Morgan fingerprint density at radius 2 is 2.13 bits per heavy atom. The molecule has 1 aromatic rings. The standard InChI is InChI=1S/C10H11N3O2/c11-13-12-7-6-9(10(14)15)8-4-2-1-3-5-8/h1-5,9H,6-7H2,(H,14,15). The first-order chi connectivity index (χ1) is 7.25. The fraction of sp³-hybridized carbons (Fsp3) is 0.300. The molecule has 1 rings (SSSR count). The van der Waals surface area contributed by atoms with Crippen LogP contribution in [0.5, 0.6) is 0 Å². The minimum atomic E-state index is -0.894. The zero-order chi connectivity index (χ0) is 11.1. The van der Waals surface area contributed by atoms with Crippen molar-refractivity contribution in [2.24, 2.45) is 5.11 Å². The molecule has 0 fully saturated rings. The number of benzene rings is 1. The van der Waals surface area contributed by atoms with Crippen molar-refractivity contribution in [2.45, 2.75) is 12.3 Å². The Morgan fingerprint density at radius 1 is 1.47 bits per heavy atom. The molecule has 0 spiro atoms. The Bertz CT molecular complexity index is 372. The number of aliphatic carboxylic acids is 1. The van der Waals surface area contributed by atoms with E-state index in [0.717, 1.165) is 5.56 Å². The van der Waals surface area contributed by atoms with Crippen LogP contribution in [-0.4, -0.2) is 17.6 Å². The van der Waals surface area contributed by atoms with Crippen molar-refractivity contribution in [1.82, 2.24) is 0 Å². The summed E-state index contributed by atoms with van der Waals surface area (Å²) < 4.78 is 0. The Morgan fingerprint density at radius 3 is 2.67 bits per heavy atom. The van der Waals surface area contributed by atoms with Crippen LogP contribution in [-0.2, 0) is 4.79 Å². The van der Waals surface area contributed by atoms with Gasteiger partial charge in [-0.1, -0.05) is 35.4 Å². The number of carbonyl (C=O) groups is 1. The molecule has 5 heteroatoms. The Balaban J connectivity index is 2.75. The third-order valence-electron chi connectivity index (χ3n) is 2.08. The van der Waals surface area contributed by atoms with E-state index in [4.69, 9.17) is 10.6 Å². The molecule has 0 aliphatic heterocycles. The first-order valence-corrected chi connectivity index (χ1v) is 4.54. The van der Waals surface area contributed by atoms with Crippen molar-refractivity contribution in [3.05, 3.63) is 46.3 Å². The number of azide groups is 1. The van der Waals surface area contributed by atoms with Gasteiger partial charge in [0, 0.05) is 11.5 Å². The maximum atomic E-state index is 11.0. The van der Waals surface area contributed by atoms with Crippen molar-refractivity contribution in [1.29, 1.82) is 0 Å². The van der Waals surface area contributed by atoms with Gasteiger partial charge in [-0.2, -0.15) is 0 Å². The second-order valence-electron chi connectivity index (χ2n) is 3.04. The van der Waals surface area contributed by atoms with Gasteiger partial charge >= 0.3 is 5.97 Å². The van der Waals surface area contributed by atoms with Gasteiger partial charge in [0.15, 0.2) is 0 Å². The van der Waals surface area contributed by atoms with Gasteiger partial charge in [-0.25, -0.2) is 0 Å². The number of hydrogen-bond acceptors (Lipinski definition) is 2. The summed E-state index contributed by atoms with van der Waals surface area (Å²) in [5.41, 5.74) is 8.83. The van der Waals surface area contributed by atoms with Crippen LogP contribution in [0.1, 0.15) is 17.9 Å². The summed E-state index contributed by atoms with van der Waals surface area (Å²) in [6, 6.07) is 8.93. The van der Waals surface area contributed by atoms with E-state index in [1.165, 1.54) is 0 Å². The lowest BCUT2D eigenvalue weighted by atomic mass is 9.96. The first-order valence-electron chi connectivity index (χ1n) is 4.54. The molecule has 1 aromatic carbocycles. The van der Waals surface area contributed by atoms with E-state index in [1.54, 1.807) is 24.3 Å². The molecule has 0 amide bonds. The van der Waals surface area contributed by atoms with Crippen LogP contribution in [0.15, 0.2) is 35.4 Å². The van der Waals surface area contributed by atoms with Crippen LogP contribution in [0.4, 0.5) is 0 Å². The number of carboxylic acid groups (broad SMARTS) is 1. The normalized spacial score (nSPS) is 11.5. The second-order valence-corrected chi connectivity index (χ2v) is 3.04. The molecular weight excluding hydrogens is 194 g/mol. The molecule has 0 bridgehead atoms.